The van der Waals surface area contributed by atoms with E-state index in [0.717, 1.165) is 28.8 Å². The summed E-state index contributed by atoms with van der Waals surface area (Å²) in [7, 11) is 0. The van der Waals surface area contributed by atoms with E-state index in [9.17, 15) is 22.8 Å². The lowest BCUT2D eigenvalue weighted by atomic mass is 9.96. The molecule has 2 amide bonds. The number of alkyl halides is 3. The largest absolute Gasteiger partial charge is 0.450 e. The summed E-state index contributed by atoms with van der Waals surface area (Å²) in [6.07, 6.45) is -3.57. The van der Waals surface area contributed by atoms with Crippen molar-refractivity contribution in [3.63, 3.8) is 0 Å². The number of nitrogens with one attached hydrogen (secondary N) is 2. The molecule has 4 rings (SSSR count). The highest BCUT2D eigenvalue weighted by Crippen LogP contribution is 2.33. The zero-order chi connectivity index (χ0) is 25.2. The van der Waals surface area contributed by atoms with E-state index in [0.29, 0.717) is 41.8 Å². The summed E-state index contributed by atoms with van der Waals surface area (Å²) in [4.78, 5) is 24.9. The van der Waals surface area contributed by atoms with Crippen LogP contribution in [-0.2, 0) is 23.8 Å². The van der Waals surface area contributed by atoms with Crippen molar-refractivity contribution >= 4 is 17.7 Å². The minimum atomic E-state index is -4.43. The zero-order valence-electron chi connectivity index (χ0n) is 19.3. The zero-order valence-corrected chi connectivity index (χ0v) is 19.3. The fourth-order valence-corrected chi connectivity index (χ4v) is 4.27. The molecule has 0 aliphatic heterocycles. The quantitative estimate of drug-likeness (QED) is 0.459. The van der Waals surface area contributed by atoms with Gasteiger partial charge in [-0.25, -0.2) is 4.79 Å². The van der Waals surface area contributed by atoms with Crippen LogP contribution >= 0.6 is 0 Å². The van der Waals surface area contributed by atoms with E-state index < -0.39 is 17.8 Å². The Balaban J connectivity index is 1.53. The summed E-state index contributed by atoms with van der Waals surface area (Å²) in [6.45, 7) is 3.89. The molecule has 1 aliphatic rings. The van der Waals surface area contributed by atoms with E-state index in [1.807, 2.05) is 25.1 Å². The molecule has 0 spiro atoms. The van der Waals surface area contributed by atoms with Crippen LogP contribution in [0.5, 0.6) is 0 Å². The maximum Gasteiger partial charge on any atom is 0.416 e. The normalized spacial score (nSPS) is 14.8. The van der Waals surface area contributed by atoms with Gasteiger partial charge >= 0.3 is 12.3 Å². The monoisotopic (exact) mass is 482 g/mol. The number of rotatable bonds is 5. The van der Waals surface area contributed by atoms with Crippen molar-refractivity contribution in [2.24, 2.45) is 0 Å². The van der Waals surface area contributed by atoms with Crippen molar-refractivity contribution in [2.45, 2.75) is 38.9 Å². The SMILES string of the molecule is CCOC(=O)NC1Cc2ccc(NC(=O)c3cc(C)ccc3-c3ccc(C(F)(F)F)cc3)cc2C1. The Bertz CT molecular complexity index is 1250. The summed E-state index contributed by atoms with van der Waals surface area (Å²) in [6, 6.07) is 15.6. The molecule has 8 heteroatoms. The van der Waals surface area contributed by atoms with Crippen LogP contribution in [-0.4, -0.2) is 24.6 Å². The van der Waals surface area contributed by atoms with Gasteiger partial charge in [-0.3, -0.25) is 4.79 Å². The number of halogens is 3. The highest BCUT2D eigenvalue weighted by atomic mass is 19.4. The lowest BCUT2D eigenvalue weighted by Crippen LogP contribution is -2.35. The number of benzene rings is 3. The molecule has 35 heavy (non-hydrogen) atoms. The van der Waals surface area contributed by atoms with Crippen LogP contribution in [0.25, 0.3) is 11.1 Å². The van der Waals surface area contributed by atoms with Crippen LogP contribution < -0.4 is 10.6 Å². The van der Waals surface area contributed by atoms with Crippen molar-refractivity contribution in [3.05, 3.63) is 88.5 Å². The van der Waals surface area contributed by atoms with Crippen LogP contribution in [0.15, 0.2) is 60.7 Å². The second-order valence-corrected chi connectivity index (χ2v) is 8.53. The Morgan fingerprint density at radius 2 is 1.69 bits per heavy atom. The van der Waals surface area contributed by atoms with Gasteiger partial charge < -0.3 is 15.4 Å². The molecule has 0 bridgehead atoms. The van der Waals surface area contributed by atoms with Gasteiger partial charge in [-0.15, -0.1) is 0 Å². The minimum Gasteiger partial charge on any atom is -0.450 e. The number of anilines is 1. The maximum atomic E-state index is 13.2. The third-order valence-electron chi connectivity index (χ3n) is 5.94. The van der Waals surface area contributed by atoms with Gasteiger partial charge in [0.15, 0.2) is 0 Å². The van der Waals surface area contributed by atoms with Gasteiger partial charge in [-0.2, -0.15) is 13.2 Å². The topological polar surface area (TPSA) is 67.4 Å². The average molecular weight is 483 g/mol. The summed E-state index contributed by atoms with van der Waals surface area (Å²) >= 11 is 0. The smallest absolute Gasteiger partial charge is 0.416 e. The first-order chi connectivity index (χ1) is 16.6. The van der Waals surface area contributed by atoms with E-state index in [4.69, 9.17) is 4.74 Å². The first-order valence-electron chi connectivity index (χ1n) is 11.3. The number of hydrogen-bond acceptors (Lipinski definition) is 3. The van der Waals surface area contributed by atoms with Crippen LogP contribution in [0.4, 0.5) is 23.7 Å². The van der Waals surface area contributed by atoms with Crippen LogP contribution in [0.3, 0.4) is 0 Å². The molecule has 0 radical (unpaired) electrons. The summed E-state index contributed by atoms with van der Waals surface area (Å²) in [5, 5.41) is 5.74. The first-order valence-corrected chi connectivity index (χ1v) is 11.3. The van der Waals surface area contributed by atoms with Gasteiger partial charge in [-0.1, -0.05) is 35.9 Å². The maximum absolute atomic E-state index is 13.2. The molecular weight excluding hydrogens is 457 g/mol. The summed E-state index contributed by atoms with van der Waals surface area (Å²) < 4.78 is 43.8. The summed E-state index contributed by atoms with van der Waals surface area (Å²) in [5.41, 5.74) is 4.26. The number of amides is 2. The second-order valence-electron chi connectivity index (χ2n) is 8.53. The second kappa shape index (κ2) is 9.82. The molecule has 0 saturated heterocycles. The molecule has 0 saturated carbocycles. The van der Waals surface area contributed by atoms with Gasteiger partial charge in [-0.05, 0) is 79.3 Å². The molecule has 1 atom stereocenters. The molecule has 3 aromatic rings. The third kappa shape index (κ3) is 5.65. The molecule has 182 valence electrons. The standard InChI is InChI=1S/C27H25F3N2O3/c1-3-35-26(34)32-22-13-18-7-10-21(14-19(18)15-22)31-25(33)24-12-16(2)4-11-23(24)17-5-8-20(9-6-17)27(28,29)30/h4-12,14,22H,3,13,15H2,1-2H3,(H,31,33)(H,32,34). The van der Waals surface area contributed by atoms with Crippen LogP contribution in [0.2, 0.25) is 0 Å². The Morgan fingerprint density at radius 3 is 2.37 bits per heavy atom. The highest BCUT2D eigenvalue weighted by molar-refractivity contribution is 6.09. The summed E-state index contributed by atoms with van der Waals surface area (Å²) in [5.74, 6) is -0.359. The van der Waals surface area contributed by atoms with Crippen molar-refractivity contribution in [3.8, 4) is 11.1 Å². The predicted octanol–water partition coefficient (Wildman–Crippen LogP) is 6.15. The Morgan fingerprint density at radius 1 is 0.971 bits per heavy atom. The van der Waals surface area contributed by atoms with Gasteiger partial charge in [0.25, 0.3) is 5.91 Å². The van der Waals surface area contributed by atoms with E-state index >= 15 is 0 Å². The number of hydrogen-bond donors (Lipinski definition) is 2. The van der Waals surface area contributed by atoms with Crippen molar-refractivity contribution in [1.29, 1.82) is 0 Å². The fraction of sp³-hybridized carbons (Fsp3) is 0.259. The highest BCUT2D eigenvalue weighted by Gasteiger charge is 2.30. The van der Waals surface area contributed by atoms with E-state index in [1.54, 1.807) is 25.1 Å². The molecule has 3 aromatic carbocycles. The van der Waals surface area contributed by atoms with E-state index in [1.165, 1.54) is 12.1 Å². The lowest BCUT2D eigenvalue weighted by Gasteiger charge is -2.13. The first kappa shape index (κ1) is 24.3. The molecule has 1 aliphatic carbocycles. The van der Waals surface area contributed by atoms with Gasteiger partial charge in [0.1, 0.15) is 0 Å². The van der Waals surface area contributed by atoms with Crippen molar-refractivity contribution in [2.75, 3.05) is 11.9 Å². The number of carbonyl (C=O) groups excluding carboxylic acids is 2. The van der Waals surface area contributed by atoms with Crippen molar-refractivity contribution in [1.82, 2.24) is 5.32 Å². The number of alkyl carbamates (subject to hydrolysis) is 1. The molecule has 5 nitrogen and oxygen atoms in total. The lowest BCUT2D eigenvalue weighted by molar-refractivity contribution is -0.137. The number of fused-ring (bicyclic) bond motifs is 1. The van der Waals surface area contributed by atoms with Crippen LogP contribution in [0, 0.1) is 6.92 Å². The van der Waals surface area contributed by atoms with Gasteiger partial charge in [0, 0.05) is 17.3 Å². The predicted molar refractivity (Wildman–Crippen MR) is 127 cm³/mol. The Hall–Kier alpha value is -3.81. The Labute approximate surface area is 201 Å². The van der Waals surface area contributed by atoms with Crippen molar-refractivity contribution < 1.29 is 27.5 Å². The number of carbonyl (C=O) groups is 2. The number of ether oxygens (including phenoxy) is 1. The van der Waals surface area contributed by atoms with E-state index in [-0.39, 0.29) is 11.9 Å². The van der Waals surface area contributed by atoms with Gasteiger partial charge in [0.05, 0.1) is 12.2 Å². The Kier molecular flexibility index (Phi) is 6.82. The third-order valence-corrected chi connectivity index (χ3v) is 5.94. The molecule has 0 heterocycles. The number of aryl methyl sites for hydroxylation is 1. The molecular formula is C27H25F3N2O3. The molecule has 0 aromatic heterocycles. The average Bonchev–Trinajstić information content (AvgIpc) is 3.20. The van der Waals surface area contributed by atoms with Crippen LogP contribution in [0.1, 0.15) is 39.5 Å². The molecule has 2 N–H and O–H groups in total. The molecule has 1 unspecified atom stereocenters. The van der Waals surface area contributed by atoms with E-state index in [2.05, 4.69) is 10.6 Å². The minimum absolute atomic E-state index is 0.0713. The fourth-order valence-electron chi connectivity index (χ4n) is 4.27. The molecule has 0 fully saturated rings. The van der Waals surface area contributed by atoms with Gasteiger partial charge in [0.2, 0.25) is 0 Å².